The van der Waals surface area contributed by atoms with Crippen LogP contribution >= 0.6 is 23.1 Å². The Labute approximate surface area is 190 Å². The lowest BCUT2D eigenvalue weighted by atomic mass is 9.84. The number of carbonyl (C=O) groups is 1. The molecule has 2 N–H and O–H groups in total. The Kier molecular flexibility index (Phi) is 5.65. The van der Waals surface area contributed by atoms with E-state index in [1.165, 1.54) is 48.8 Å². The molecule has 2 aliphatic carbocycles. The normalized spacial score (nSPS) is 23.4. The van der Waals surface area contributed by atoms with Crippen LogP contribution in [-0.2, 0) is 4.79 Å². The molecule has 31 heavy (non-hydrogen) atoms. The van der Waals surface area contributed by atoms with E-state index in [4.69, 9.17) is 0 Å². The maximum Gasteiger partial charge on any atom is 0.260 e. The fourth-order valence-electron chi connectivity index (χ4n) is 5.56. The molecule has 2 saturated carbocycles. The van der Waals surface area contributed by atoms with Gasteiger partial charge in [-0.2, -0.15) is 0 Å². The van der Waals surface area contributed by atoms with Crippen molar-refractivity contribution < 1.29 is 4.79 Å². The quantitative estimate of drug-likeness (QED) is 0.407. The molecule has 0 aliphatic heterocycles. The molecule has 0 saturated heterocycles. The molecule has 2 fully saturated rings. The number of thiophene rings is 1. The van der Waals surface area contributed by atoms with Crippen molar-refractivity contribution in [3.8, 4) is 11.1 Å². The van der Waals surface area contributed by atoms with Gasteiger partial charge in [-0.25, -0.2) is 4.98 Å². The predicted octanol–water partition coefficient (Wildman–Crippen LogP) is 4.99. The van der Waals surface area contributed by atoms with Crippen molar-refractivity contribution in [2.45, 2.75) is 50.7 Å². The molecule has 1 amide bonds. The Morgan fingerprint density at radius 1 is 1.29 bits per heavy atom. The third-order valence-corrected chi connectivity index (χ3v) is 8.81. The van der Waals surface area contributed by atoms with Crippen LogP contribution in [-0.4, -0.2) is 27.7 Å². The molecular formula is C24H27N3O2S2. The van der Waals surface area contributed by atoms with Gasteiger partial charge >= 0.3 is 0 Å². The Bertz CT molecular complexity index is 1170. The second kappa shape index (κ2) is 8.43. The summed E-state index contributed by atoms with van der Waals surface area (Å²) in [6.07, 6.45) is 5.29. The maximum atomic E-state index is 12.9. The van der Waals surface area contributed by atoms with E-state index >= 15 is 0 Å². The van der Waals surface area contributed by atoms with Gasteiger partial charge in [-0.1, -0.05) is 48.5 Å². The SMILES string of the molecule is Cc1sc2nc(SCC(=O)N[C@@H](C)[C@@H]3C[C@H]4CC[C@H]3C4)[nH]c(=O)c2c1-c1ccccc1. The molecule has 1 aromatic carbocycles. The molecule has 4 atom stereocenters. The lowest BCUT2D eigenvalue weighted by Gasteiger charge is -2.28. The number of rotatable bonds is 6. The number of nitrogens with one attached hydrogen (secondary N) is 2. The average Bonchev–Trinajstić information content (AvgIpc) is 3.47. The minimum Gasteiger partial charge on any atom is -0.353 e. The van der Waals surface area contributed by atoms with Gasteiger partial charge in [0.1, 0.15) is 4.83 Å². The molecule has 5 rings (SSSR count). The lowest BCUT2D eigenvalue weighted by Crippen LogP contribution is -2.40. The van der Waals surface area contributed by atoms with Gasteiger partial charge < -0.3 is 10.3 Å². The molecule has 2 aliphatic rings. The molecule has 5 nitrogen and oxygen atoms in total. The number of aryl methyl sites for hydroxylation is 1. The summed E-state index contributed by atoms with van der Waals surface area (Å²) in [6.45, 7) is 4.16. The minimum atomic E-state index is -0.147. The summed E-state index contributed by atoms with van der Waals surface area (Å²) in [5, 5.41) is 4.32. The van der Waals surface area contributed by atoms with Crippen LogP contribution < -0.4 is 10.9 Å². The third-order valence-electron chi connectivity index (χ3n) is 6.94. The van der Waals surface area contributed by atoms with Crippen molar-refractivity contribution >= 4 is 39.2 Å². The van der Waals surface area contributed by atoms with Crippen LogP contribution in [0.15, 0.2) is 40.3 Å². The van der Waals surface area contributed by atoms with E-state index in [9.17, 15) is 9.59 Å². The van der Waals surface area contributed by atoms with Gasteiger partial charge in [-0.15, -0.1) is 11.3 Å². The summed E-state index contributed by atoms with van der Waals surface area (Å²) in [5.41, 5.74) is 1.82. The summed E-state index contributed by atoms with van der Waals surface area (Å²) in [4.78, 5) is 34.7. The smallest absolute Gasteiger partial charge is 0.260 e. The summed E-state index contributed by atoms with van der Waals surface area (Å²) in [5.74, 6) is 2.55. The topological polar surface area (TPSA) is 74.8 Å². The van der Waals surface area contributed by atoms with Crippen molar-refractivity contribution in [1.82, 2.24) is 15.3 Å². The fourth-order valence-corrected chi connectivity index (χ4v) is 7.34. The minimum absolute atomic E-state index is 0.00959. The summed E-state index contributed by atoms with van der Waals surface area (Å²) in [6, 6.07) is 10.1. The van der Waals surface area contributed by atoms with Crippen LogP contribution in [0.3, 0.4) is 0 Å². The Hall–Kier alpha value is -2.12. The number of amides is 1. The zero-order chi connectivity index (χ0) is 21.5. The summed E-state index contributed by atoms with van der Waals surface area (Å²) in [7, 11) is 0. The van der Waals surface area contributed by atoms with E-state index in [2.05, 4.69) is 22.2 Å². The fraction of sp³-hybridized carbons (Fsp3) is 0.458. The van der Waals surface area contributed by atoms with Gasteiger partial charge in [0.15, 0.2) is 5.16 Å². The highest BCUT2D eigenvalue weighted by atomic mass is 32.2. The van der Waals surface area contributed by atoms with Gasteiger partial charge in [0.05, 0.1) is 11.1 Å². The van der Waals surface area contributed by atoms with Crippen LogP contribution in [0.5, 0.6) is 0 Å². The average molecular weight is 454 g/mol. The van der Waals surface area contributed by atoms with Crippen molar-refractivity contribution in [3.05, 3.63) is 45.6 Å². The van der Waals surface area contributed by atoms with E-state index in [0.717, 1.165) is 32.7 Å². The number of thioether (sulfide) groups is 1. The number of H-pyrrole nitrogens is 1. The molecule has 7 heteroatoms. The first-order valence-corrected chi connectivity index (χ1v) is 12.8. The van der Waals surface area contributed by atoms with Crippen molar-refractivity contribution in [2.75, 3.05) is 5.75 Å². The van der Waals surface area contributed by atoms with Crippen LogP contribution in [0.25, 0.3) is 21.3 Å². The first-order valence-electron chi connectivity index (χ1n) is 11.0. The van der Waals surface area contributed by atoms with E-state index in [1.54, 1.807) is 0 Å². The Balaban J connectivity index is 1.28. The van der Waals surface area contributed by atoms with Gasteiger partial charge in [-0.05, 0) is 56.4 Å². The van der Waals surface area contributed by atoms with Crippen molar-refractivity contribution in [3.63, 3.8) is 0 Å². The van der Waals surface area contributed by atoms with Crippen LogP contribution in [0, 0.1) is 24.7 Å². The molecule has 0 spiro atoms. The second-order valence-electron chi connectivity index (χ2n) is 8.93. The Morgan fingerprint density at radius 2 is 2.10 bits per heavy atom. The van der Waals surface area contributed by atoms with Gasteiger partial charge in [-0.3, -0.25) is 9.59 Å². The highest BCUT2D eigenvalue weighted by molar-refractivity contribution is 7.99. The van der Waals surface area contributed by atoms with E-state index in [-0.39, 0.29) is 23.3 Å². The number of benzene rings is 1. The molecular weight excluding hydrogens is 426 g/mol. The van der Waals surface area contributed by atoms with Crippen LogP contribution in [0.1, 0.15) is 37.5 Å². The first kappa shape index (κ1) is 20.8. The molecule has 162 valence electrons. The number of hydrogen-bond donors (Lipinski definition) is 2. The van der Waals surface area contributed by atoms with Gasteiger partial charge in [0.2, 0.25) is 5.91 Å². The zero-order valence-corrected chi connectivity index (χ0v) is 19.4. The van der Waals surface area contributed by atoms with Gasteiger partial charge in [0, 0.05) is 16.5 Å². The highest BCUT2D eigenvalue weighted by Crippen LogP contribution is 2.49. The van der Waals surface area contributed by atoms with Gasteiger partial charge in [0.25, 0.3) is 5.56 Å². The lowest BCUT2D eigenvalue weighted by molar-refractivity contribution is -0.119. The van der Waals surface area contributed by atoms with Crippen molar-refractivity contribution in [2.24, 2.45) is 17.8 Å². The molecule has 2 heterocycles. The Morgan fingerprint density at radius 3 is 2.81 bits per heavy atom. The molecule has 3 aromatic rings. The predicted molar refractivity (Wildman–Crippen MR) is 128 cm³/mol. The largest absolute Gasteiger partial charge is 0.353 e. The number of nitrogens with zero attached hydrogens (tertiary/aromatic N) is 1. The number of aromatic amines is 1. The van der Waals surface area contributed by atoms with Crippen LogP contribution in [0.2, 0.25) is 0 Å². The zero-order valence-electron chi connectivity index (χ0n) is 17.8. The first-order chi connectivity index (χ1) is 15.0. The van der Waals surface area contributed by atoms with E-state index in [1.807, 2.05) is 37.3 Å². The molecule has 2 bridgehead atoms. The standard InChI is InChI=1S/C24H27N3O2S2/c1-13(18-11-15-8-9-17(18)10-15)25-19(28)12-30-24-26-22(29)21-20(14(2)31-23(21)27-24)16-6-4-3-5-7-16/h3-7,13,15,17-18H,8-12H2,1-2H3,(H,25,28)(H,26,27,29)/t13-,15-,17-,18-/m0/s1. The summed E-state index contributed by atoms with van der Waals surface area (Å²) >= 11 is 2.82. The maximum absolute atomic E-state index is 12.9. The monoisotopic (exact) mass is 453 g/mol. The number of aromatic nitrogens is 2. The number of hydrogen-bond acceptors (Lipinski definition) is 5. The third kappa shape index (κ3) is 4.05. The molecule has 0 radical (unpaired) electrons. The van der Waals surface area contributed by atoms with E-state index in [0.29, 0.717) is 16.5 Å². The number of carbonyl (C=O) groups excluding carboxylic acids is 1. The molecule has 2 aromatic heterocycles. The second-order valence-corrected chi connectivity index (χ2v) is 11.1. The van der Waals surface area contributed by atoms with Crippen molar-refractivity contribution in [1.29, 1.82) is 0 Å². The highest BCUT2D eigenvalue weighted by Gasteiger charge is 2.42. The number of fused-ring (bicyclic) bond motifs is 3. The van der Waals surface area contributed by atoms with Crippen LogP contribution in [0.4, 0.5) is 0 Å². The van der Waals surface area contributed by atoms with E-state index < -0.39 is 0 Å². The molecule has 0 unspecified atom stereocenters. The summed E-state index contributed by atoms with van der Waals surface area (Å²) < 4.78 is 0.